The molecule has 1 fully saturated rings. The second kappa shape index (κ2) is 12.8. The molecule has 1 unspecified atom stereocenters. The summed E-state index contributed by atoms with van der Waals surface area (Å²) in [5.41, 5.74) is 4.48. The van der Waals surface area contributed by atoms with Crippen LogP contribution in [0.3, 0.4) is 0 Å². The van der Waals surface area contributed by atoms with Gasteiger partial charge in [-0.3, -0.25) is 9.69 Å². The van der Waals surface area contributed by atoms with Gasteiger partial charge in [-0.25, -0.2) is 0 Å². The molecular weight excluding hydrogens is 444 g/mol. The van der Waals surface area contributed by atoms with Crippen molar-refractivity contribution in [3.63, 3.8) is 0 Å². The second-order valence-electron chi connectivity index (χ2n) is 9.48. The molecule has 2 N–H and O–H groups in total. The van der Waals surface area contributed by atoms with Crippen molar-refractivity contribution < 1.29 is 24.1 Å². The minimum absolute atomic E-state index is 0.118. The Labute approximate surface area is 209 Å². The van der Waals surface area contributed by atoms with Gasteiger partial charge in [-0.05, 0) is 69.4 Å². The minimum Gasteiger partial charge on any atom is -0.497 e. The van der Waals surface area contributed by atoms with Gasteiger partial charge in [-0.2, -0.15) is 0 Å². The van der Waals surface area contributed by atoms with E-state index in [1.807, 2.05) is 0 Å². The molecule has 1 aliphatic carbocycles. The average molecular weight is 485 g/mol. The summed E-state index contributed by atoms with van der Waals surface area (Å²) >= 11 is 0. The maximum atomic E-state index is 12.7. The number of ether oxygens (including phenoxy) is 3. The van der Waals surface area contributed by atoms with E-state index in [1.54, 1.807) is 32.4 Å². The number of aliphatic hydroxyl groups excluding tert-OH is 1. The normalized spacial score (nSPS) is 17.7. The Morgan fingerprint density at radius 3 is 2.40 bits per heavy atom. The van der Waals surface area contributed by atoms with Crippen LogP contribution < -0.4 is 14.8 Å². The van der Waals surface area contributed by atoms with Gasteiger partial charge in [0, 0.05) is 49.8 Å². The van der Waals surface area contributed by atoms with E-state index in [0.717, 1.165) is 38.1 Å². The van der Waals surface area contributed by atoms with Crippen LogP contribution in [0.2, 0.25) is 0 Å². The van der Waals surface area contributed by atoms with Gasteiger partial charge in [0.2, 0.25) is 0 Å². The molecule has 35 heavy (non-hydrogen) atoms. The van der Waals surface area contributed by atoms with Crippen LogP contribution in [-0.2, 0) is 4.74 Å². The molecular formula is C28H40N2O5. The van der Waals surface area contributed by atoms with Crippen molar-refractivity contribution in [3.8, 4) is 11.5 Å². The van der Waals surface area contributed by atoms with Gasteiger partial charge in [0.25, 0.3) is 5.91 Å². The summed E-state index contributed by atoms with van der Waals surface area (Å²) in [4.78, 5) is 15.1. The molecule has 2 aliphatic rings. The number of carbonyl (C=O) groups is 1. The zero-order valence-corrected chi connectivity index (χ0v) is 21.7. The molecule has 1 saturated heterocycles. The summed E-state index contributed by atoms with van der Waals surface area (Å²) in [5.74, 6) is 2.45. The Kier molecular flexibility index (Phi) is 9.81. The van der Waals surface area contributed by atoms with Crippen molar-refractivity contribution in [1.29, 1.82) is 0 Å². The molecule has 1 atom stereocenters. The van der Waals surface area contributed by atoms with Gasteiger partial charge >= 0.3 is 0 Å². The highest BCUT2D eigenvalue weighted by Crippen LogP contribution is 2.30. The number of carbonyl (C=O) groups excluding carboxylic acids is 1. The highest BCUT2D eigenvalue weighted by atomic mass is 16.5. The third-order valence-corrected chi connectivity index (χ3v) is 6.82. The number of rotatable bonds is 12. The molecule has 1 aliphatic heterocycles. The van der Waals surface area contributed by atoms with Gasteiger partial charge in [-0.1, -0.05) is 11.6 Å². The lowest BCUT2D eigenvalue weighted by molar-refractivity contribution is 0.0698. The molecule has 0 radical (unpaired) electrons. The largest absolute Gasteiger partial charge is 0.497 e. The third-order valence-electron chi connectivity index (χ3n) is 6.82. The van der Waals surface area contributed by atoms with Crippen LogP contribution in [0.1, 0.15) is 50.4 Å². The number of methoxy groups -OCH3 is 2. The van der Waals surface area contributed by atoms with Crippen molar-refractivity contribution in [2.75, 3.05) is 47.1 Å². The summed E-state index contributed by atoms with van der Waals surface area (Å²) < 4.78 is 16.5. The molecule has 0 bridgehead atoms. The number of likely N-dealkylation sites (tertiary alicyclic amines) is 1. The van der Waals surface area contributed by atoms with E-state index in [0.29, 0.717) is 42.2 Å². The Bertz CT molecular complexity index is 953. The molecule has 1 aromatic carbocycles. The van der Waals surface area contributed by atoms with Crippen LogP contribution in [0, 0.1) is 5.92 Å². The molecule has 0 saturated carbocycles. The fraction of sp³-hybridized carbons (Fsp3) is 0.536. The van der Waals surface area contributed by atoms with E-state index in [1.165, 1.54) is 16.7 Å². The molecule has 192 valence electrons. The predicted octanol–water partition coefficient (Wildman–Crippen LogP) is 4.09. The second-order valence-corrected chi connectivity index (χ2v) is 9.48. The minimum atomic E-state index is -0.118. The van der Waals surface area contributed by atoms with Crippen LogP contribution in [0.4, 0.5) is 0 Å². The monoisotopic (exact) mass is 484 g/mol. The molecule has 0 spiro atoms. The number of amides is 1. The lowest BCUT2D eigenvalue weighted by Crippen LogP contribution is -2.55. The molecule has 7 nitrogen and oxygen atoms in total. The summed E-state index contributed by atoms with van der Waals surface area (Å²) in [6, 6.07) is 5.51. The van der Waals surface area contributed by atoms with Crippen LogP contribution in [0.5, 0.6) is 11.5 Å². The molecule has 3 rings (SSSR count). The molecule has 7 heteroatoms. The standard InChI is InChI=1S/C28H40N2O5/c1-19-12-20(2)27(35-11-7-6-10-31)9-8-26(19)21(3)30-17-22(18-30)16-29-28(32)23-13-24(33-4)15-25(14-23)34-5/h8-9,13-15,21-22,31H,6-7,10-12,16-18H2,1-5H3,(H,29,32). The number of benzene rings is 1. The zero-order valence-electron chi connectivity index (χ0n) is 21.7. The Morgan fingerprint density at radius 2 is 1.77 bits per heavy atom. The first-order valence-corrected chi connectivity index (χ1v) is 12.4. The van der Waals surface area contributed by atoms with E-state index in [9.17, 15) is 4.79 Å². The highest BCUT2D eigenvalue weighted by molar-refractivity contribution is 5.95. The van der Waals surface area contributed by atoms with Gasteiger partial charge < -0.3 is 24.6 Å². The number of unbranched alkanes of at least 4 members (excludes halogenated alkanes) is 1. The average Bonchev–Trinajstić information content (AvgIpc) is 2.97. The van der Waals surface area contributed by atoms with Gasteiger partial charge in [-0.15, -0.1) is 0 Å². The summed E-state index contributed by atoms with van der Waals surface area (Å²) in [6.07, 6.45) is 6.81. The summed E-state index contributed by atoms with van der Waals surface area (Å²) in [6.45, 7) is 9.95. The Balaban J connectivity index is 1.50. The van der Waals surface area contributed by atoms with Crippen LogP contribution in [-0.4, -0.2) is 69.0 Å². The van der Waals surface area contributed by atoms with E-state index >= 15 is 0 Å². The van der Waals surface area contributed by atoms with Crippen molar-refractivity contribution in [1.82, 2.24) is 10.2 Å². The number of aliphatic hydroxyl groups is 1. The van der Waals surface area contributed by atoms with Crippen molar-refractivity contribution in [3.05, 3.63) is 58.4 Å². The summed E-state index contributed by atoms with van der Waals surface area (Å²) in [5, 5.41) is 12.0. The number of nitrogens with one attached hydrogen (secondary N) is 1. The van der Waals surface area contributed by atoms with Crippen molar-refractivity contribution >= 4 is 5.91 Å². The zero-order chi connectivity index (χ0) is 25.4. The van der Waals surface area contributed by atoms with Crippen LogP contribution in [0.15, 0.2) is 52.8 Å². The maximum Gasteiger partial charge on any atom is 0.251 e. The van der Waals surface area contributed by atoms with Crippen molar-refractivity contribution in [2.45, 2.75) is 46.1 Å². The van der Waals surface area contributed by atoms with Gasteiger partial charge in [0.05, 0.1) is 20.8 Å². The molecule has 1 heterocycles. The molecule has 0 aromatic heterocycles. The lowest BCUT2D eigenvalue weighted by atomic mass is 9.92. The van der Waals surface area contributed by atoms with E-state index in [2.05, 4.69) is 43.1 Å². The first-order chi connectivity index (χ1) is 16.9. The molecule has 1 amide bonds. The molecule has 1 aromatic rings. The first kappa shape index (κ1) is 26.8. The first-order valence-electron chi connectivity index (χ1n) is 12.4. The number of hydrogen-bond donors (Lipinski definition) is 2. The Morgan fingerprint density at radius 1 is 1.09 bits per heavy atom. The van der Waals surface area contributed by atoms with E-state index < -0.39 is 0 Å². The fourth-order valence-electron chi connectivity index (χ4n) is 4.63. The predicted molar refractivity (Wildman–Crippen MR) is 138 cm³/mol. The summed E-state index contributed by atoms with van der Waals surface area (Å²) in [7, 11) is 3.15. The van der Waals surface area contributed by atoms with E-state index in [-0.39, 0.29) is 12.5 Å². The topological polar surface area (TPSA) is 80.3 Å². The number of nitrogens with zero attached hydrogens (tertiary/aromatic N) is 1. The van der Waals surface area contributed by atoms with Crippen LogP contribution in [0.25, 0.3) is 0 Å². The van der Waals surface area contributed by atoms with Crippen LogP contribution >= 0.6 is 0 Å². The Hall–Kier alpha value is -2.77. The van der Waals surface area contributed by atoms with Gasteiger partial charge in [0.1, 0.15) is 17.3 Å². The smallest absolute Gasteiger partial charge is 0.251 e. The lowest BCUT2D eigenvalue weighted by Gasteiger charge is -2.44. The number of hydrogen-bond acceptors (Lipinski definition) is 6. The van der Waals surface area contributed by atoms with E-state index in [4.69, 9.17) is 19.3 Å². The number of allylic oxidation sites excluding steroid dienone is 3. The quantitative estimate of drug-likeness (QED) is 0.435. The SMILES string of the molecule is COc1cc(OC)cc(C(=O)NCC2CN(C(C)C3=C(C)CC(C)=C(OCCCCO)C=C3)C2)c1. The maximum absolute atomic E-state index is 12.7. The van der Waals surface area contributed by atoms with Crippen molar-refractivity contribution in [2.24, 2.45) is 5.92 Å². The fourth-order valence-corrected chi connectivity index (χ4v) is 4.63. The third kappa shape index (κ3) is 7.12. The van der Waals surface area contributed by atoms with Gasteiger partial charge in [0.15, 0.2) is 0 Å². The highest BCUT2D eigenvalue weighted by Gasteiger charge is 2.32.